The minimum Gasteiger partial charge on any atom is -0.490 e. The lowest BCUT2D eigenvalue weighted by Crippen LogP contribution is -2.31. The van der Waals surface area contributed by atoms with Crippen LogP contribution >= 0.6 is 0 Å². The Morgan fingerprint density at radius 2 is 2.22 bits per heavy atom. The molecule has 0 bridgehead atoms. The molecule has 23 heavy (non-hydrogen) atoms. The van der Waals surface area contributed by atoms with Crippen molar-refractivity contribution in [2.75, 3.05) is 13.2 Å². The van der Waals surface area contributed by atoms with Gasteiger partial charge in [0.2, 0.25) is 10.0 Å². The number of halogens is 1. The Labute approximate surface area is 136 Å². The summed E-state index contributed by atoms with van der Waals surface area (Å²) in [6.07, 6.45) is 5.95. The van der Waals surface area contributed by atoms with Crippen LogP contribution in [0, 0.1) is 11.7 Å². The Morgan fingerprint density at radius 3 is 2.87 bits per heavy atom. The van der Waals surface area contributed by atoms with Gasteiger partial charge in [0.1, 0.15) is 0 Å². The molecule has 0 spiro atoms. The van der Waals surface area contributed by atoms with Crippen LogP contribution in [0.5, 0.6) is 5.75 Å². The maximum Gasteiger partial charge on any atom is 0.241 e. The molecule has 1 aromatic rings. The summed E-state index contributed by atoms with van der Waals surface area (Å²) in [4.78, 5) is -0.0351. The predicted molar refractivity (Wildman–Crippen MR) is 85.2 cm³/mol. The van der Waals surface area contributed by atoms with E-state index in [4.69, 9.17) is 9.84 Å². The summed E-state index contributed by atoms with van der Waals surface area (Å²) in [5, 5.41) is 8.70. The SMILES string of the molecule is C[C@@H](/C=C/CCO)NS(=O)(=O)c1ccc(F)c(OCC2CC2)c1. The van der Waals surface area contributed by atoms with Crippen molar-refractivity contribution >= 4 is 10.0 Å². The van der Waals surface area contributed by atoms with Crippen molar-refractivity contribution in [3.8, 4) is 5.75 Å². The minimum absolute atomic E-state index is 0.00955. The fraction of sp³-hybridized carbons (Fsp3) is 0.500. The summed E-state index contributed by atoms with van der Waals surface area (Å²) in [6, 6.07) is 3.09. The van der Waals surface area contributed by atoms with E-state index in [-0.39, 0.29) is 17.3 Å². The zero-order chi connectivity index (χ0) is 16.9. The van der Waals surface area contributed by atoms with Gasteiger partial charge in [-0.05, 0) is 44.2 Å². The summed E-state index contributed by atoms with van der Waals surface area (Å²) in [5.74, 6) is -0.159. The average Bonchev–Trinajstić information content (AvgIpc) is 3.30. The smallest absolute Gasteiger partial charge is 0.241 e. The van der Waals surface area contributed by atoms with Crippen molar-refractivity contribution in [3.05, 3.63) is 36.2 Å². The fourth-order valence-electron chi connectivity index (χ4n) is 1.98. The van der Waals surface area contributed by atoms with Crippen LogP contribution in [0.1, 0.15) is 26.2 Å². The van der Waals surface area contributed by atoms with Crippen molar-refractivity contribution in [2.24, 2.45) is 5.92 Å². The maximum atomic E-state index is 13.7. The van der Waals surface area contributed by atoms with Crippen molar-refractivity contribution in [1.82, 2.24) is 4.72 Å². The number of aliphatic hydroxyl groups is 1. The van der Waals surface area contributed by atoms with Crippen molar-refractivity contribution in [3.63, 3.8) is 0 Å². The largest absolute Gasteiger partial charge is 0.490 e. The minimum atomic E-state index is -3.77. The average molecular weight is 343 g/mol. The Bertz CT molecular complexity index is 656. The Balaban J connectivity index is 2.07. The van der Waals surface area contributed by atoms with E-state index in [0.717, 1.165) is 18.9 Å². The number of rotatable bonds is 9. The number of ether oxygens (including phenoxy) is 1. The van der Waals surface area contributed by atoms with Gasteiger partial charge in [-0.25, -0.2) is 17.5 Å². The van der Waals surface area contributed by atoms with Gasteiger partial charge in [-0.15, -0.1) is 0 Å². The van der Waals surface area contributed by atoms with E-state index >= 15 is 0 Å². The standard InChI is InChI=1S/C16H22FNO4S/c1-12(4-2-3-9-19)18-23(20,21)14-7-8-15(17)16(10-14)22-11-13-5-6-13/h2,4,7-8,10,12-13,18-19H,3,5-6,9,11H2,1H3/b4-2+/t12-/m0/s1. The number of sulfonamides is 1. The zero-order valence-electron chi connectivity index (χ0n) is 13.0. The van der Waals surface area contributed by atoms with Crippen LogP contribution in [0.3, 0.4) is 0 Å². The normalized spacial score (nSPS) is 16.7. The third kappa shape index (κ3) is 5.60. The molecule has 0 aromatic heterocycles. The van der Waals surface area contributed by atoms with Gasteiger partial charge >= 0.3 is 0 Å². The molecule has 5 nitrogen and oxygen atoms in total. The molecule has 1 aliphatic rings. The monoisotopic (exact) mass is 343 g/mol. The van der Waals surface area contributed by atoms with Crippen molar-refractivity contribution < 1.29 is 22.7 Å². The van der Waals surface area contributed by atoms with Gasteiger partial charge in [-0.1, -0.05) is 12.2 Å². The van der Waals surface area contributed by atoms with E-state index in [0.29, 0.717) is 18.9 Å². The van der Waals surface area contributed by atoms with Crippen LogP contribution in [-0.2, 0) is 10.0 Å². The van der Waals surface area contributed by atoms with Gasteiger partial charge in [0.25, 0.3) is 0 Å². The number of nitrogens with one attached hydrogen (secondary N) is 1. The predicted octanol–water partition coefficient (Wildman–Crippen LogP) is 2.22. The molecule has 2 N–H and O–H groups in total. The summed E-state index contributed by atoms with van der Waals surface area (Å²) in [5.41, 5.74) is 0. The molecular formula is C16H22FNO4S. The molecule has 0 unspecified atom stereocenters. The molecule has 1 atom stereocenters. The molecule has 128 valence electrons. The lowest BCUT2D eigenvalue weighted by atomic mass is 10.3. The Morgan fingerprint density at radius 1 is 1.48 bits per heavy atom. The second kappa shape index (κ2) is 7.90. The molecule has 0 radical (unpaired) electrons. The second-order valence-corrected chi connectivity index (χ2v) is 7.41. The molecule has 0 amide bonds. The van der Waals surface area contributed by atoms with Crippen LogP contribution in [0.4, 0.5) is 4.39 Å². The number of hydrogen-bond donors (Lipinski definition) is 2. The first kappa shape index (κ1) is 17.9. The number of benzene rings is 1. The van der Waals surface area contributed by atoms with Gasteiger partial charge in [0, 0.05) is 18.7 Å². The summed E-state index contributed by atoms with van der Waals surface area (Å²) < 4.78 is 46.2. The van der Waals surface area contributed by atoms with Crippen LogP contribution < -0.4 is 9.46 Å². The third-order valence-corrected chi connectivity index (χ3v) is 5.00. The highest BCUT2D eigenvalue weighted by atomic mass is 32.2. The fourth-order valence-corrected chi connectivity index (χ4v) is 3.19. The molecule has 0 heterocycles. The van der Waals surface area contributed by atoms with Gasteiger partial charge in [-0.3, -0.25) is 0 Å². The van der Waals surface area contributed by atoms with E-state index in [1.165, 1.54) is 12.1 Å². The van der Waals surface area contributed by atoms with Crippen LogP contribution in [0.15, 0.2) is 35.2 Å². The molecule has 7 heteroatoms. The molecule has 0 saturated heterocycles. The Hall–Kier alpha value is -1.44. The van der Waals surface area contributed by atoms with Crippen LogP contribution in [0.25, 0.3) is 0 Å². The first-order valence-electron chi connectivity index (χ1n) is 7.64. The van der Waals surface area contributed by atoms with E-state index < -0.39 is 21.9 Å². The number of aliphatic hydroxyl groups excluding tert-OH is 1. The van der Waals surface area contributed by atoms with Crippen LogP contribution in [0.2, 0.25) is 0 Å². The molecule has 0 aliphatic heterocycles. The lowest BCUT2D eigenvalue weighted by molar-refractivity contribution is 0.284. The van der Waals surface area contributed by atoms with Gasteiger partial charge in [0.05, 0.1) is 11.5 Å². The molecule has 1 aliphatic carbocycles. The maximum absolute atomic E-state index is 13.7. The highest BCUT2D eigenvalue weighted by molar-refractivity contribution is 7.89. The highest BCUT2D eigenvalue weighted by Gasteiger charge is 2.23. The molecular weight excluding hydrogens is 321 g/mol. The number of hydrogen-bond acceptors (Lipinski definition) is 4. The van der Waals surface area contributed by atoms with Crippen molar-refractivity contribution in [2.45, 2.75) is 37.1 Å². The molecule has 1 fully saturated rings. The molecule has 2 rings (SSSR count). The third-order valence-electron chi connectivity index (χ3n) is 3.45. The van der Waals surface area contributed by atoms with E-state index in [9.17, 15) is 12.8 Å². The van der Waals surface area contributed by atoms with Gasteiger partial charge in [-0.2, -0.15) is 0 Å². The van der Waals surface area contributed by atoms with Gasteiger partial charge < -0.3 is 9.84 Å². The Kier molecular flexibility index (Phi) is 6.15. The van der Waals surface area contributed by atoms with Crippen LogP contribution in [-0.4, -0.2) is 32.8 Å². The summed E-state index contributed by atoms with van der Waals surface area (Å²) in [6.45, 7) is 2.10. The van der Waals surface area contributed by atoms with Crippen molar-refractivity contribution in [1.29, 1.82) is 0 Å². The second-order valence-electron chi connectivity index (χ2n) is 5.70. The molecule has 1 saturated carbocycles. The zero-order valence-corrected chi connectivity index (χ0v) is 13.9. The topological polar surface area (TPSA) is 75.6 Å². The lowest BCUT2D eigenvalue weighted by Gasteiger charge is -2.12. The summed E-state index contributed by atoms with van der Waals surface area (Å²) in [7, 11) is -3.77. The summed E-state index contributed by atoms with van der Waals surface area (Å²) >= 11 is 0. The van der Waals surface area contributed by atoms with E-state index in [2.05, 4.69) is 4.72 Å². The first-order chi connectivity index (χ1) is 10.9. The van der Waals surface area contributed by atoms with Gasteiger partial charge in [0.15, 0.2) is 11.6 Å². The van der Waals surface area contributed by atoms with E-state index in [1.807, 2.05) is 0 Å². The first-order valence-corrected chi connectivity index (χ1v) is 9.13. The highest BCUT2D eigenvalue weighted by Crippen LogP contribution is 2.30. The molecule has 1 aromatic carbocycles. The van der Waals surface area contributed by atoms with E-state index in [1.54, 1.807) is 19.1 Å². The quantitative estimate of drug-likeness (QED) is 0.674.